The molecular weight excluding hydrogens is 336 g/mol. The zero-order valence-corrected chi connectivity index (χ0v) is 17.1. The average Bonchev–Trinajstić information content (AvgIpc) is 2.68. The molecular formula is C23H26O2Si. The van der Waals surface area contributed by atoms with E-state index in [4.69, 9.17) is 4.74 Å². The van der Waals surface area contributed by atoms with Crippen LogP contribution >= 0.6 is 0 Å². The fourth-order valence-corrected chi connectivity index (χ4v) is 5.15. The Bertz CT molecular complexity index is 821. The van der Waals surface area contributed by atoms with Crippen molar-refractivity contribution < 1.29 is 9.84 Å². The summed E-state index contributed by atoms with van der Waals surface area (Å²) in [6, 6.07) is 23.4. The Labute approximate surface area is 158 Å². The van der Waals surface area contributed by atoms with Crippen LogP contribution in [0.2, 0.25) is 0 Å². The zero-order valence-electron chi connectivity index (χ0n) is 15.7. The molecule has 0 fully saturated rings. The van der Waals surface area contributed by atoms with Crippen molar-refractivity contribution in [1.82, 2.24) is 0 Å². The highest BCUT2D eigenvalue weighted by atomic mass is 28.2. The molecule has 0 unspecified atom stereocenters. The van der Waals surface area contributed by atoms with Gasteiger partial charge in [-0.25, -0.2) is 0 Å². The molecule has 3 rings (SSSR count). The molecule has 0 radical (unpaired) electrons. The van der Waals surface area contributed by atoms with Gasteiger partial charge in [0.05, 0.1) is 15.7 Å². The van der Waals surface area contributed by atoms with Crippen molar-refractivity contribution in [3.05, 3.63) is 94.5 Å². The van der Waals surface area contributed by atoms with Crippen molar-refractivity contribution in [3.8, 4) is 11.5 Å². The third-order valence-electron chi connectivity index (χ3n) is 5.08. The molecule has 26 heavy (non-hydrogen) atoms. The number of hydrogen-bond donors (Lipinski definition) is 1. The lowest BCUT2D eigenvalue weighted by Gasteiger charge is -2.19. The molecule has 0 aliphatic rings. The van der Waals surface area contributed by atoms with Crippen molar-refractivity contribution in [3.63, 3.8) is 0 Å². The minimum absolute atomic E-state index is 0.374. The summed E-state index contributed by atoms with van der Waals surface area (Å²) in [5.74, 6) is 1.27. The van der Waals surface area contributed by atoms with E-state index in [0.717, 1.165) is 28.7 Å². The van der Waals surface area contributed by atoms with E-state index in [1.165, 1.54) is 11.1 Å². The van der Waals surface area contributed by atoms with Crippen molar-refractivity contribution >= 4 is 9.52 Å². The van der Waals surface area contributed by atoms with Gasteiger partial charge in [0.25, 0.3) is 0 Å². The van der Waals surface area contributed by atoms with Gasteiger partial charge < -0.3 is 9.84 Å². The van der Waals surface area contributed by atoms with Gasteiger partial charge in [-0.2, -0.15) is 0 Å². The molecule has 0 saturated carbocycles. The lowest BCUT2D eigenvalue weighted by atomic mass is 10.0. The van der Waals surface area contributed by atoms with Crippen LogP contribution in [0.25, 0.3) is 0 Å². The van der Waals surface area contributed by atoms with Crippen molar-refractivity contribution in [2.75, 3.05) is 6.23 Å². The number of phenolic OH excluding ortho intramolecular Hbond substituents is 1. The second-order valence-corrected chi connectivity index (χ2v) is 8.60. The molecule has 0 saturated heterocycles. The molecule has 0 aliphatic heterocycles. The maximum absolute atomic E-state index is 10.1. The maximum atomic E-state index is 10.1. The normalized spacial score (nSPS) is 11.4. The highest BCUT2D eigenvalue weighted by molar-refractivity contribution is 6.39. The van der Waals surface area contributed by atoms with Crippen LogP contribution in [0.5, 0.6) is 11.5 Å². The highest BCUT2D eigenvalue weighted by Gasteiger charge is 2.16. The Morgan fingerprint density at radius 2 is 1.38 bits per heavy atom. The zero-order chi connectivity index (χ0) is 18.5. The molecule has 0 bridgehead atoms. The topological polar surface area (TPSA) is 29.5 Å². The third-order valence-corrected chi connectivity index (χ3v) is 7.04. The van der Waals surface area contributed by atoms with E-state index in [-0.39, 0.29) is 0 Å². The van der Waals surface area contributed by atoms with E-state index >= 15 is 0 Å². The Morgan fingerprint density at radius 1 is 0.846 bits per heavy atom. The van der Waals surface area contributed by atoms with Gasteiger partial charge >= 0.3 is 0 Å². The monoisotopic (exact) mass is 362 g/mol. The van der Waals surface area contributed by atoms with E-state index in [2.05, 4.69) is 60.7 Å². The van der Waals surface area contributed by atoms with Crippen LogP contribution in [0.1, 0.15) is 33.4 Å². The van der Waals surface area contributed by atoms with E-state index in [0.29, 0.717) is 11.3 Å². The SMILES string of the molecule is Cc1cc(OC[SiH2]C(c2ccccc2)c2ccccc2)c(C)c(C)c1O. The molecule has 2 nitrogen and oxygen atoms in total. The molecule has 0 aliphatic carbocycles. The molecule has 134 valence electrons. The van der Waals surface area contributed by atoms with E-state index in [1.54, 1.807) is 0 Å². The van der Waals surface area contributed by atoms with Crippen LogP contribution in [0.4, 0.5) is 0 Å². The minimum atomic E-state index is -0.550. The first-order chi connectivity index (χ1) is 12.6. The minimum Gasteiger partial charge on any atom is -0.507 e. The standard InChI is InChI=1S/C23H26O2Si/c1-16-14-21(17(2)18(3)22(16)24)25-15-26-23(19-10-6-4-7-11-19)20-12-8-5-9-13-20/h4-14,23-24H,15,26H2,1-3H3. The molecule has 0 amide bonds. The molecule has 0 heterocycles. The Hall–Kier alpha value is -2.52. The lowest BCUT2D eigenvalue weighted by Crippen LogP contribution is -2.18. The van der Waals surface area contributed by atoms with Gasteiger partial charge in [0.2, 0.25) is 0 Å². The lowest BCUT2D eigenvalue weighted by molar-refractivity contribution is 0.377. The van der Waals surface area contributed by atoms with Gasteiger partial charge in [-0.05, 0) is 54.7 Å². The van der Waals surface area contributed by atoms with E-state index in [1.807, 2.05) is 26.8 Å². The second-order valence-electron chi connectivity index (χ2n) is 6.80. The number of hydrogen-bond acceptors (Lipinski definition) is 2. The summed E-state index contributed by atoms with van der Waals surface area (Å²) < 4.78 is 6.18. The number of rotatable bonds is 6. The predicted molar refractivity (Wildman–Crippen MR) is 111 cm³/mol. The van der Waals surface area contributed by atoms with Crippen LogP contribution in [-0.4, -0.2) is 20.9 Å². The van der Waals surface area contributed by atoms with Crippen LogP contribution in [0, 0.1) is 20.8 Å². The summed E-state index contributed by atoms with van der Waals surface area (Å²) in [6.45, 7) is 5.87. The van der Waals surface area contributed by atoms with E-state index in [9.17, 15) is 5.11 Å². The quantitative estimate of drug-likeness (QED) is 0.649. The molecule has 1 N–H and O–H groups in total. The van der Waals surface area contributed by atoms with Crippen LogP contribution < -0.4 is 4.74 Å². The van der Waals surface area contributed by atoms with Gasteiger partial charge in [-0.15, -0.1) is 0 Å². The number of aryl methyl sites for hydroxylation is 1. The van der Waals surface area contributed by atoms with Crippen molar-refractivity contribution in [1.29, 1.82) is 0 Å². The first-order valence-electron chi connectivity index (χ1n) is 9.10. The Morgan fingerprint density at radius 3 is 1.92 bits per heavy atom. The summed E-state index contributed by atoms with van der Waals surface area (Å²) in [4.78, 5) is 0. The van der Waals surface area contributed by atoms with Crippen LogP contribution in [0.15, 0.2) is 66.7 Å². The molecule has 3 aromatic rings. The number of aromatic hydroxyl groups is 1. The van der Waals surface area contributed by atoms with Crippen molar-refractivity contribution in [2.24, 2.45) is 0 Å². The van der Waals surface area contributed by atoms with Gasteiger partial charge in [0, 0.05) is 5.54 Å². The molecule has 3 aromatic carbocycles. The number of ether oxygens (including phenoxy) is 1. The third kappa shape index (κ3) is 4.00. The number of benzene rings is 3. The first-order valence-corrected chi connectivity index (χ1v) is 10.9. The van der Waals surface area contributed by atoms with Gasteiger partial charge in [0.1, 0.15) is 11.5 Å². The van der Waals surface area contributed by atoms with Gasteiger partial charge in [-0.3, -0.25) is 0 Å². The molecule has 0 atom stereocenters. The van der Waals surface area contributed by atoms with Crippen molar-refractivity contribution in [2.45, 2.75) is 26.3 Å². The molecule has 0 aromatic heterocycles. The number of phenols is 1. The summed E-state index contributed by atoms with van der Waals surface area (Å²) >= 11 is 0. The maximum Gasteiger partial charge on any atom is 0.122 e. The predicted octanol–water partition coefficient (Wildman–Crippen LogP) is 4.61. The highest BCUT2D eigenvalue weighted by Crippen LogP contribution is 2.32. The smallest absolute Gasteiger partial charge is 0.122 e. The van der Waals surface area contributed by atoms with Crippen LogP contribution in [-0.2, 0) is 0 Å². The summed E-state index contributed by atoms with van der Waals surface area (Å²) in [7, 11) is -0.550. The van der Waals surface area contributed by atoms with E-state index < -0.39 is 9.52 Å². The largest absolute Gasteiger partial charge is 0.507 e. The summed E-state index contributed by atoms with van der Waals surface area (Å²) in [6.07, 6.45) is 0.763. The fourth-order valence-electron chi connectivity index (χ4n) is 3.36. The first kappa shape index (κ1) is 18.3. The summed E-state index contributed by atoms with van der Waals surface area (Å²) in [5, 5.41) is 10.1. The van der Waals surface area contributed by atoms with Gasteiger partial charge in [-0.1, -0.05) is 60.7 Å². The van der Waals surface area contributed by atoms with Crippen LogP contribution in [0.3, 0.4) is 0 Å². The second kappa shape index (κ2) is 8.24. The Balaban J connectivity index is 1.78. The molecule has 3 heteroatoms. The average molecular weight is 363 g/mol. The summed E-state index contributed by atoms with van der Waals surface area (Å²) in [5.41, 5.74) is 5.97. The Kier molecular flexibility index (Phi) is 5.79. The molecule has 0 spiro atoms. The van der Waals surface area contributed by atoms with Gasteiger partial charge in [0.15, 0.2) is 0 Å². The fraction of sp³-hybridized carbons (Fsp3) is 0.217.